The second-order valence-electron chi connectivity index (χ2n) is 7.45. The van der Waals surface area contributed by atoms with Gasteiger partial charge in [0.1, 0.15) is 15.3 Å². The fourth-order valence-electron chi connectivity index (χ4n) is 3.65. The summed E-state index contributed by atoms with van der Waals surface area (Å²) in [6.45, 7) is 7.92. The van der Waals surface area contributed by atoms with Crippen molar-refractivity contribution < 1.29 is 4.79 Å². The highest BCUT2D eigenvalue weighted by Gasteiger charge is 2.14. The number of benzene rings is 1. The third kappa shape index (κ3) is 5.63. The smallest absolute Gasteiger partial charge is 0.270 e. The maximum Gasteiger partial charge on any atom is 0.270 e. The van der Waals surface area contributed by atoms with Gasteiger partial charge in [-0.15, -0.1) is 11.3 Å². The van der Waals surface area contributed by atoms with Crippen molar-refractivity contribution in [1.82, 2.24) is 14.8 Å². The molecule has 1 fully saturated rings. The van der Waals surface area contributed by atoms with Gasteiger partial charge in [-0.05, 0) is 63.9 Å². The van der Waals surface area contributed by atoms with Gasteiger partial charge in [0.15, 0.2) is 5.57 Å². The SMILES string of the molecule is CCNC(=O)C(C#N)=c1sc(=CNc2ccc(CCN3CCCC3)cc2)c(=O)n1CC. The van der Waals surface area contributed by atoms with Gasteiger partial charge in [-0.2, -0.15) is 5.26 Å². The molecule has 1 aliphatic rings. The van der Waals surface area contributed by atoms with Gasteiger partial charge in [0, 0.05) is 31.5 Å². The van der Waals surface area contributed by atoms with Crippen LogP contribution in [0.2, 0.25) is 0 Å². The number of hydrogen-bond acceptors (Lipinski definition) is 6. The summed E-state index contributed by atoms with van der Waals surface area (Å²) in [5, 5.41) is 15.3. The van der Waals surface area contributed by atoms with Crippen molar-refractivity contribution in [2.24, 2.45) is 0 Å². The molecule has 0 bridgehead atoms. The summed E-state index contributed by atoms with van der Waals surface area (Å²) < 4.78 is 2.30. The van der Waals surface area contributed by atoms with E-state index in [1.165, 1.54) is 36.1 Å². The number of rotatable bonds is 8. The molecule has 1 aromatic carbocycles. The monoisotopic (exact) mass is 439 g/mol. The van der Waals surface area contributed by atoms with Crippen LogP contribution < -0.4 is 25.4 Å². The lowest BCUT2D eigenvalue weighted by Crippen LogP contribution is -2.34. The maximum absolute atomic E-state index is 12.8. The first-order chi connectivity index (χ1) is 15.1. The molecule has 1 amide bonds. The molecule has 31 heavy (non-hydrogen) atoms. The lowest BCUT2D eigenvalue weighted by atomic mass is 10.1. The summed E-state index contributed by atoms with van der Waals surface area (Å²) >= 11 is 1.15. The Kier molecular flexibility index (Phi) is 8.04. The number of nitriles is 1. The third-order valence-corrected chi connectivity index (χ3v) is 6.48. The minimum atomic E-state index is -0.461. The van der Waals surface area contributed by atoms with E-state index < -0.39 is 5.91 Å². The molecule has 3 rings (SSSR count). The van der Waals surface area contributed by atoms with Gasteiger partial charge in [0.2, 0.25) is 0 Å². The van der Waals surface area contributed by atoms with E-state index in [1.54, 1.807) is 13.1 Å². The van der Waals surface area contributed by atoms with E-state index in [0.717, 1.165) is 30.0 Å². The molecule has 8 heteroatoms. The first kappa shape index (κ1) is 22.8. The minimum absolute atomic E-state index is 0.0344. The molecule has 0 aliphatic carbocycles. The lowest BCUT2D eigenvalue weighted by molar-refractivity contribution is -0.115. The Labute approximate surface area is 186 Å². The zero-order chi connectivity index (χ0) is 22.2. The van der Waals surface area contributed by atoms with Crippen molar-refractivity contribution in [2.45, 2.75) is 39.7 Å². The first-order valence-electron chi connectivity index (χ1n) is 10.8. The fraction of sp³-hybridized carbons (Fsp3) is 0.435. The Morgan fingerprint density at radius 1 is 1.23 bits per heavy atom. The van der Waals surface area contributed by atoms with E-state index in [2.05, 4.69) is 27.7 Å². The maximum atomic E-state index is 12.8. The van der Waals surface area contributed by atoms with Crippen molar-refractivity contribution in [3.8, 4) is 6.07 Å². The average Bonchev–Trinajstić information content (AvgIpc) is 3.40. The van der Waals surface area contributed by atoms with Crippen molar-refractivity contribution in [2.75, 3.05) is 31.5 Å². The molecule has 164 valence electrons. The van der Waals surface area contributed by atoms with E-state index in [-0.39, 0.29) is 11.1 Å². The molecular weight excluding hydrogens is 410 g/mol. The Morgan fingerprint density at radius 3 is 2.55 bits per heavy atom. The zero-order valence-electron chi connectivity index (χ0n) is 18.1. The van der Waals surface area contributed by atoms with Crippen LogP contribution in [0.15, 0.2) is 29.1 Å². The van der Waals surface area contributed by atoms with E-state index in [9.17, 15) is 14.9 Å². The Morgan fingerprint density at radius 2 is 1.94 bits per heavy atom. The molecule has 0 saturated carbocycles. The topological polar surface area (TPSA) is 90.2 Å². The highest BCUT2D eigenvalue weighted by atomic mass is 32.1. The standard InChI is InChI=1S/C23H29N5O2S/c1-3-25-21(29)19(15-24)23-28(4-2)22(30)20(31-23)16-26-18-9-7-17(8-10-18)11-14-27-12-5-6-13-27/h7-10,16,26H,3-6,11-14H2,1-2H3,(H,25,29). The van der Waals surface area contributed by atoms with Crippen LogP contribution in [0, 0.1) is 11.3 Å². The van der Waals surface area contributed by atoms with Crippen molar-refractivity contribution in [3.05, 3.63) is 49.4 Å². The highest BCUT2D eigenvalue weighted by Crippen LogP contribution is 2.12. The third-order valence-electron chi connectivity index (χ3n) is 5.35. The molecule has 7 nitrogen and oxygen atoms in total. The second-order valence-corrected chi connectivity index (χ2v) is 8.48. The van der Waals surface area contributed by atoms with Crippen molar-refractivity contribution >= 4 is 34.7 Å². The van der Waals surface area contributed by atoms with Crippen molar-refractivity contribution in [3.63, 3.8) is 0 Å². The lowest BCUT2D eigenvalue weighted by Gasteiger charge is -2.14. The van der Waals surface area contributed by atoms with Gasteiger partial charge in [-0.25, -0.2) is 0 Å². The predicted octanol–water partition coefficient (Wildman–Crippen LogP) is 1.23. The summed E-state index contributed by atoms with van der Waals surface area (Å²) in [7, 11) is 0. The number of nitrogens with one attached hydrogen (secondary N) is 2. The van der Waals surface area contributed by atoms with Crippen LogP contribution in [0.1, 0.15) is 32.3 Å². The second kappa shape index (κ2) is 10.9. The van der Waals surface area contributed by atoms with Gasteiger partial charge >= 0.3 is 0 Å². The van der Waals surface area contributed by atoms with Crippen LogP contribution in [0.3, 0.4) is 0 Å². The molecule has 1 aliphatic heterocycles. The predicted molar refractivity (Wildman–Crippen MR) is 125 cm³/mol. The average molecular weight is 440 g/mol. The van der Waals surface area contributed by atoms with Crippen LogP contribution in [-0.4, -0.2) is 41.6 Å². The van der Waals surface area contributed by atoms with Gasteiger partial charge in [-0.1, -0.05) is 12.1 Å². The number of hydrogen-bond donors (Lipinski definition) is 2. The van der Waals surface area contributed by atoms with E-state index >= 15 is 0 Å². The number of carbonyl (C=O) groups excluding carboxylic acids is 1. The van der Waals surface area contributed by atoms with E-state index in [0.29, 0.717) is 22.3 Å². The zero-order valence-corrected chi connectivity index (χ0v) is 18.9. The van der Waals surface area contributed by atoms with E-state index in [4.69, 9.17) is 0 Å². The Balaban J connectivity index is 1.79. The molecule has 2 heterocycles. The van der Waals surface area contributed by atoms with Crippen LogP contribution in [0.5, 0.6) is 0 Å². The number of anilines is 1. The van der Waals surface area contributed by atoms with Crippen LogP contribution in [-0.2, 0) is 17.8 Å². The largest absolute Gasteiger partial charge is 0.360 e. The molecule has 2 N–H and O–H groups in total. The van der Waals surface area contributed by atoms with Gasteiger partial charge in [-0.3, -0.25) is 14.2 Å². The number of amides is 1. The number of thiazole rings is 1. The quantitative estimate of drug-likeness (QED) is 0.646. The fourth-order valence-corrected chi connectivity index (χ4v) is 4.73. The first-order valence-corrected chi connectivity index (χ1v) is 11.6. The number of aromatic nitrogens is 1. The summed E-state index contributed by atoms with van der Waals surface area (Å²) in [4.78, 5) is 27.5. The molecule has 1 saturated heterocycles. The molecule has 0 radical (unpaired) electrons. The Bertz CT molecular complexity index is 1120. The number of carbonyl (C=O) groups is 1. The summed E-state index contributed by atoms with van der Waals surface area (Å²) in [5.41, 5.74) is 1.93. The molecule has 0 atom stereocenters. The van der Waals surface area contributed by atoms with Gasteiger partial charge in [0.05, 0.1) is 0 Å². The normalized spacial score (nSPS) is 15.6. The van der Waals surface area contributed by atoms with Crippen LogP contribution in [0.4, 0.5) is 5.69 Å². The molecule has 2 aromatic rings. The van der Waals surface area contributed by atoms with Crippen molar-refractivity contribution in [1.29, 1.82) is 5.26 Å². The van der Waals surface area contributed by atoms with Gasteiger partial charge < -0.3 is 15.5 Å². The Hall–Kier alpha value is -2.89. The molecule has 0 unspecified atom stereocenters. The number of nitrogens with zero attached hydrogens (tertiary/aromatic N) is 3. The number of likely N-dealkylation sites (tertiary alicyclic amines) is 1. The summed E-state index contributed by atoms with van der Waals surface area (Å²) in [5.74, 6) is -0.461. The summed E-state index contributed by atoms with van der Waals surface area (Å²) in [6, 6.07) is 10.2. The van der Waals surface area contributed by atoms with Crippen LogP contribution in [0.25, 0.3) is 11.8 Å². The van der Waals surface area contributed by atoms with Gasteiger partial charge in [0.25, 0.3) is 11.5 Å². The minimum Gasteiger partial charge on any atom is -0.360 e. The molecule has 1 aromatic heterocycles. The molecule has 0 spiro atoms. The highest BCUT2D eigenvalue weighted by molar-refractivity contribution is 7.07. The molecular formula is C23H29N5O2S. The van der Waals surface area contributed by atoms with E-state index in [1.807, 2.05) is 25.1 Å². The van der Waals surface area contributed by atoms with Crippen LogP contribution >= 0.6 is 11.3 Å². The summed E-state index contributed by atoms with van der Waals surface area (Å²) in [6.07, 6.45) is 5.29.